The number of rotatable bonds is 8. The van der Waals surface area contributed by atoms with Crippen LogP contribution in [0, 0.1) is 13.8 Å². The predicted molar refractivity (Wildman–Crippen MR) is 100 cm³/mol. The third kappa shape index (κ3) is 6.78. The van der Waals surface area contributed by atoms with E-state index in [1.165, 1.54) is 0 Å². The van der Waals surface area contributed by atoms with Crippen LogP contribution in [0.4, 0.5) is 0 Å². The smallest absolute Gasteiger partial charge is 0.188 e. The van der Waals surface area contributed by atoms with Crippen molar-refractivity contribution in [3.8, 4) is 5.75 Å². The fourth-order valence-electron chi connectivity index (χ4n) is 1.98. The third-order valence-electron chi connectivity index (χ3n) is 3.12. The second-order valence-corrected chi connectivity index (χ2v) is 4.72. The van der Waals surface area contributed by atoms with Gasteiger partial charge in [-0.05, 0) is 27.2 Å². The van der Waals surface area contributed by atoms with Crippen molar-refractivity contribution in [2.75, 3.05) is 26.9 Å². The van der Waals surface area contributed by atoms with Gasteiger partial charge in [-0.15, -0.1) is 24.0 Å². The highest BCUT2D eigenvalue weighted by atomic mass is 127. The molecule has 0 saturated heterocycles. The van der Waals surface area contributed by atoms with E-state index in [0.29, 0.717) is 12.5 Å². The van der Waals surface area contributed by atoms with Gasteiger partial charge in [0.05, 0.1) is 19.3 Å². The van der Waals surface area contributed by atoms with Crippen LogP contribution in [0.15, 0.2) is 11.2 Å². The summed E-state index contributed by atoms with van der Waals surface area (Å²) in [5, 5.41) is 3.06. The average Bonchev–Trinajstić information content (AvgIpc) is 2.47. The maximum Gasteiger partial charge on any atom is 0.188 e. The van der Waals surface area contributed by atoms with Crippen molar-refractivity contribution in [1.29, 1.82) is 0 Å². The van der Waals surface area contributed by atoms with Gasteiger partial charge in [0.15, 0.2) is 5.96 Å². The molecule has 1 heterocycles. The first-order valence-corrected chi connectivity index (χ1v) is 7.20. The number of nitrogens with two attached hydrogens (primary N) is 1. The van der Waals surface area contributed by atoms with Gasteiger partial charge in [-0.3, -0.25) is 4.98 Å². The summed E-state index contributed by atoms with van der Waals surface area (Å²) in [4.78, 5) is 8.69. The number of methoxy groups -OCH3 is 1. The first kappa shape index (κ1) is 20.9. The number of aryl methyl sites for hydroxylation is 1. The monoisotopic (exact) mass is 422 g/mol. The van der Waals surface area contributed by atoms with Gasteiger partial charge in [0.1, 0.15) is 5.75 Å². The Hall–Kier alpha value is -1.09. The highest BCUT2D eigenvalue weighted by Gasteiger charge is 2.08. The Bertz CT molecular complexity index is 481. The molecule has 0 atom stereocenters. The second kappa shape index (κ2) is 11.5. The molecule has 0 aliphatic rings. The molecule has 0 radical (unpaired) electrons. The van der Waals surface area contributed by atoms with E-state index in [9.17, 15) is 0 Å². The molecule has 0 amide bonds. The van der Waals surface area contributed by atoms with E-state index in [1.807, 2.05) is 20.8 Å². The van der Waals surface area contributed by atoms with Crippen molar-refractivity contribution >= 4 is 29.9 Å². The van der Waals surface area contributed by atoms with Gasteiger partial charge in [0.25, 0.3) is 0 Å². The van der Waals surface area contributed by atoms with E-state index >= 15 is 0 Å². The van der Waals surface area contributed by atoms with Gasteiger partial charge >= 0.3 is 0 Å². The van der Waals surface area contributed by atoms with Crippen LogP contribution in [0.2, 0.25) is 0 Å². The van der Waals surface area contributed by atoms with Crippen LogP contribution in [-0.4, -0.2) is 37.8 Å². The second-order valence-electron chi connectivity index (χ2n) is 4.72. The molecule has 0 fully saturated rings. The first-order chi connectivity index (χ1) is 10.1. The SMILES string of the molecule is CCOCCCNC(N)=NCc1ncc(C)c(OC)c1C.I. The van der Waals surface area contributed by atoms with E-state index in [1.54, 1.807) is 13.3 Å². The number of aromatic nitrogens is 1. The normalized spacial score (nSPS) is 11.0. The van der Waals surface area contributed by atoms with Gasteiger partial charge in [0, 0.05) is 37.1 Å². The van der Waals surface area contributed by atoms with Crippen LogP contribution in [-0.2, 0) is 11.3 Å². The molecule has 0 bridgehead atoms. The van der Waals surface area contributed by atoms with Crippen molar-refractivity contribution in [3.63, 3.8) is 0 Å². The van der Waals surface area contributed by atoms with E-state index < -0.39 is 0 Å². The van der Waals surface area contributed by atoms with Crippen LogP contribution in [0.1, 0.15) is 30.2 Å². The third-order valence-corrected chi connectivity index (χ3v) is 3.12. The molecule has 0 unspecified atom stereocenters. The van der Waals surface area contributed by atoms with E-state index in [-0.39, 0.29) is 24.0 Å². The quantitative estimate of drug-likeness (QED) is 0.291. The summed E-state index contributed by atoms with van der Waals surface area (Å²) >= 11 is 0. The lowest BCUT2D eigenvalue weighted by Crippen LogP contribution is -2.32. The molecular weight excluding hydrogens is 395 g/mol. The van der Waals surface area contributed by atoms with Gasteiger partial charge in [-0.2, -0.15) is 0 Å². The van der Waals surface area contributed by atoms with Gasteiger partial charge < -0.3 is 20.5 Å². The number of nitrogens with one attached hydrogen (secondary N) is 1. The molecule has 0 saturated carbocycles. The van der Waals surface area contributed by atoms with Gasteiger partial charge in [-0.25, -0.2) is 4.99 Å². The molecule has 3 N–H and O–H groups in total. The molecule has 1 rings (SSSR count). The fraction of sp³-hybridized carbons (Fsp3) is 0.600. The zero-order chi connectivity index (χ0) is 15.7. The van der Waals surface area contributed by atoms with Crippen molar-refractivity contribution < 1.29 is 9.47 Å². The standard InChI is InChI=1S/C15H26N4O2.HI/c1-5-21-8-6-7-17-15(16)19-10-13-12(3)14(20-4)11(2)9-18-13;/h9H,5-8,10H2,1-4H3,(H3,16,17,19);1H. The van der Waals surface area contributed by atoms with E-state index in [0.717, 1.165) is 48.7 Å². The molecule has 126 valence electrons. The van der Waals surface area contributed by atoms with Gasteiger partial charge in [-0.1, -0.05) is 0 Å². The average molecular weight is 422 g/mol. The molecule has 7 heteroatoms. The number of aliphatic imine (C=N–C) groups is 1. The topological polar surface area (TPSA) is 81.8 Å². The summed E-state index contributed by atoms with van der Waals surface area (Å²) in [6, 6.07) is 0. The van der Waals surface area contributed by atoms with Gasteiger partial charge in [0.2, 0.25) is 0 Å². The zero-order valence-corrected chi connectivity index (χ0v) is 16.1. The fourth-order valence-corrected chi connectivity index (χ4v) is 1.98. The Labute approximate surface area is 149 Å². The van der Waals surface area contributed by atoms with Crippen LogP contribution in [0.3, 0.4) is 0 Å². The number of nitrogens with zero attached hydrogens (tertiary/aromatic N) is 2. The molecule has 0 aliphatic carbocycles. The summed E-state index contributed by atoms with van der Waals surface area (Å²) in [7, 11) is 1.66. The molecule has 1 aromatic heterocycles. The highest BCUT2D eigenvalue weighted by Crippen LogP contribution is 2.24. The van der Waals surface area contributed by atoms with Crippen LogP contribution in [0.25, 0.3) is 0 Å². The molecule has 0 aromatic carbocycles. The Morgan fingerprint density at radius 1 is 1.41 bits per heavy atom. The number of hydrogen-bond acceptors (Lipinski definition) is 4. The summed E-state index contributed by atoms with van der Waals surface area (Å²) < 4.78 is 10.6. The minimum atomic E-state index is 0. The predicted octanol–water partition coefficient (Wildman–Crippen LogP) is 2.16. The summed E-state index contributed by atoms with van der Waals surface area (Å²) in [6.45, 7) is 8.59. The molecule has 1 aromatic rings. The Morgan fingerprint density at radius 2 is 2.14 bits per heavy atom. The molecule has 6 nitrogen and oxygen atoms in total. The maximum absolute atomic E-state index is 5.83. The molecule has 22 heavy (non-hydrogen) atoms. The van der Waals surface area contributed by atoms with Crippen molar-refractivity contribution in [2.24, 2.45) is 10.7 Å². The maximum atomic E-state index is 5.83. The minimum Gasteiger partial charge on any atom is -0.496 e. The summed E-state index contributed by atoms with van der Waals surface area (Å²) in [5.41, 5.74) is 8.72. The lowest BCUT2D eigenvalue weighted by molar-refractivity contribution is 0.145. The number of hydrogen-bond donors (Lipinski definition) is 2. The molecule has 0 aliphatic heterocycles. The van der Waals surface area contributed by atoms with Crippen LogP contribution in [0.5, 0.6) is 5.75 Å². The van der Waals surface area contributed by atoms with Crippen molar-refractivity contribution in [3.05, 3.63) is 23.0 Å². The number of guanidine groups is 1. The number of ether oxygens (including phenoxy) is 2. The Morgan fingerprint density at radius 3 is 2.77 bits per heavy atom. The van der Waals surface area contributed by atoms with E-state index in [4.69, 9.17) is 15.2 Å². The molecular formula is C15H27IN4O2. The minimum absolute atomic E-state index is 0. The first-order valence-electron chi connectivity index (χ1n) is 7.20. The lowest BCUT2D eigenvalue weighted by atomic mass is 10.1. The summed E-state index contributed by atoms with van der Waals surface area (Å²) in [6.07, 6.45) is 2.70. The zero-order valence-electron chi connectivity index (χ0n) is 13.8. The lowest BCUT2D eigenvalue weighted by Gasteiger charge is -2.11. The number of halogens is 1. The Kier molecular flexibility index (Phi) is 10.9. The van der Waals surface area contributed by atoms with Crippen molar-refractivity contribution in [1.82, 2.24) is 10.3 Å². The molecule has 0 spiro atoms. The number of pyridine rings is 1. The largest absolute Gasteiger partial charge is 0.496 e. The summed E-state index contributed by atoms with van der Waals surface area (Å²) in [5.74, 6) is 1.28. The van der Waals surface area contributed by atoms with E-state index in [2.05, 4.69) is 15.3 Å². The Balaban J connectivity index is 0.00000441. The van der Waals surface area contributed by atoms with Crippen LogP contribution < -0.4 is 15.8 Å². The van der Waals surface area contributed by atoms with Crippen LogP contribution >= 0.6 is 24.0 Å². The van der Waals surface area contributed by atoms with Crippen molar-refractivity contribution in [2.45, 2.75) is 33.7 Å². The highest BCUT2D eigenvalue weighted by molar-refractivity contribution is 14.0.